The molecule has 0 aliphatic heterocycles. The minimum absolute atomic E-state index is 0.00278. The van der Waals surface area contributed by atoms with Crippen molar-refractivity contribution in [3.63, 3.8) is 0 Å². The summed E-state index contributed by atoms with van der Waals surface area (Å²) in [4.78, 5) is 23.0. The van der Waals surface area contributed by atoms with Gasteiger partial charge in [-0.3, -0.25) is 4.79 Å². The molecule has 5 heteroatoms. The minimum Gasteiger partial charge on any atom is -0.497 e. The van der Waals surface area contributed by atoms with Crippen LogP contribution >= 0.6 is 0 Å². The highest BCUT2D eigenvalue weighted by Gasteiger charge is 2.14. The molecule has 1 amide bonds. The molecule has 1 rings (SSSR count). The Morgan fingerprint density at radius 1 is 1.42 bits per heavy atom. The van der Waals surface area contributed by atoms with Crippen LogP contribution in [-0.4, -0.2) is 24.1 Å². The van der Waals surface area contributed by atoms with Crippen LogP contribution in [0.15, 0.2) is 29.8 Å². The second-order valence-corrected chi connectivity index (χ2v) is 3.97. The van der Waals surface area contributed by atoms with Gasteiger partial charge < -0.3 is 15.2 Å². The molecule has 2 N–H and O–H groups in total. The summed E-state index contributed by atoms with van der Waals surface area (Å²) in [5, 5.41) is 11.7. The number of nitrogens with one attached hydrogen (secondary N) is 1. The number of allylic oxidation sites excluding steroid dienone is 1. The van der Waals surface area contributed by atoms with Crippen molar-refractivity contribution in [2.24, 2.45) is 0 Å². The molecule has 0 saturated carbocycles. The summed E-state index contributed by atoms with van der Waals surface area (Å²) >= 11 is 0. The molecule has 1 aromatic rings. The van der Waals surface area contributed by atoms with Crippen LogP contribution in [0.4, 0.5) is 5.69 Å². The molecule has 0 bridgehead atoms. The molecule has 0 saturated heterocycles. The van der Waals surface area contributed by atoms with E-state index >= 15 is 0 Å². The smallest absolute Gasteiger partial charge is 0.337 e. The lowest BCUT2D eigenvalue weighted by molar-refractivity contribution is -0.112. The first kappa shape index (κ1) is 14.8. The quantitative estimate of drug-likeness (QED) is 0.801. The van der Waals surface area contributed by atoms with E-state index in [4.69, 9.17) is 9.84 Å². The molecular weight excluding hydrogens is 246 g/mol. The number of rotatable bonds is 5. The Morgan fingerprint density at radius 2 is 2.11 bits per heavy atom. The number of hydrogen-bond donors (Lipinski definition) is 2. The highest BCUT2D eigenvalue weighted by atomic mass is 16.5. The lowest BCUT2D eigenvalue weighted by atomic mass is 10.1. The predicted molar refractivity (Wildman–Crippen MR) is 72.6 cm³/mol. The van der Waals surface area contributed by atoms with Crippen molar-refractivity contribution < 1.29 is 19.4 Å². The number of ether oxygens (including phenoxy) is 1. The van der Waals surface area contributed by atoms with E-state index < -0.39 is 5.97 Å². The van der Waals surface area contributed by atoms with Crippen LogP contribution in [0.5, 0.6) is 5.75 Å². The second kappa shape index (κ2) is 6.58. The fourth-order valence-electron chi connectivity index (χ4n) is 1.56. The first-order chi connectivity index (χ1) is 8.99. The van der Waals surface area contributed by atoms with Gasteiger partial charge in [0.15, 0.2) is 0 Å². The minimum atomic E-state index is -1.12. The number of aromatic carboxylic acids is 1. The molecule has 0 unspecified atom stereocenters. The van der Waals surface area contributed by atoms with Gasteiger partial charge in [-0.15, -0.1) is 0 Å². The normalized spacial score (nSPS) is 11.0. The van der Waals surface area contributed by atoms with Gasteiger partial charge >= 0.3 is 5.97 Å². The number of amides is 1. The molecule has 0 atom stereocenters. The van der Waals surface area contributed by atoms with Crippen molar-refractivity contribution in [3.8, 4) is 5.75 Å². The zero-order valence-electron chi connectivity index (χ0n) is 11.2. The Hall–Kier alpha value is -2.30. The summed E-state index contributed by atoms with van der Waals surface area (Å²) in [5.74, 6) is -1.00. The monoisotopic (exact) mass is 263 g/mol. The number of benzene rings is 1. The number of carboxylic acid groups (broad SMARTS) is 1. The highest BCUT2D eigenvalue weighted by Crippen LogP contribution is 2.22. The van der Waals surface area contributed by atoms with E-state index in [1.807, 2.05) is 6.92 Å². The Kier molecular flexibility index (Phi) is 5.11. The van der Waals surface area contributed by atoms with Gasteiger partial charge in [-0.05, 0) is 31.5 Å². The second-order valence-electron chi connectivity index (χ2n) is 3.97. The Balaban J connectivity index is 3.04. The van der Waals surface area contributed by atoms with E-state index in [1.54, 1.807) is 19.1 Å². The van der Waals surface area contributed by atoms with Crippen molar-refractivity contribution in [2.45, 2.75) is 20.3 Å². The van der Waals surface area contributed by atoms with Gasteiger partial charge in [0.1, 0.15) is 5.75 Å². The van der Waals surface area contributed by atoms with Gasteiger partial charge in [0, 0.05) is 5.57 Å². The van der Waals surface area contributed by atoms with Crippen LogP contribution < -0.4 is 10.1 Å². The van der Waals surface area contributed by atoms with Crippen molar-refractivity contribution in [1.82, 2.24) is 0 Å². The summed E-state index contributed by atoms with van der Waals surface area (Å²) < 4.78 is 4.96. The first-order valence-electron chi connectivity index (χ1n) is 5.89. The summed E-state index contributed by atoms with van der Waals surface area (Å²) in [7, 11) is 1.45. The molecular formula is C14H17NO4. The maximum Gasteiger partial charge on any atom is 0.337 e. The van der Waals surface area contributed by atoms with Gasteiger partial charge in [0.2, 0.25) is 0 Å². The third kappa shape index (κ3) is 3.84. The van der Waals surface area contributed by atoms with Gasteiger partial charge in [0.05, 0.1) is 18.4 Å². The number of hydrogen-bond acceptors (Lipinski definition) is 3. The average molecular weight is 263 g/mol. The van der Waals surface area contributed by atoms with E-state index in [0.29, 0.717) is 11.3 Å². The maximum atomic E-state index is 11.8. The number of carboxylic acids is 1. The Labute approximate surface area is 111 Å². The van der Waals surface area contributed by atoms with Crippen molar-refractivity contribution in [2.75, 3.05) is 12.4 Å². The average Bonchev–Trinajstić information content (AvgIpc) is 2.39. The molecule has 0 aliphatic carbocycles. The Bertz CT molecular complexity index is 520. The fourth-order valence-corrected chi connectivity index (χ4v) is 1.56. The molecule has 0 fully saturated rings. The summed E-state index contributed by atoms with van der Waals surface area (Å²) in [6, 6.07) is 4.48. The maximum absolute atomic E-state index is 11.8. The molecule has 0 radical (unpaired) electrons. The molecule has 19 heavy (non-hydrogen) atoms. The lowest BCUT2D eigenvalue weighted by Crippen LogP contribution is -2.15. The van der Waals surface area contributed by atoms with Crippen LogP contribution in [0.2, 0.25) is 0 Å². The van der Waals surface area contributed by atoms with Gasteiger partial charge in [-0.2, -0.15) is 0 Å². The van der Waals surface area contributed by atoms with Crippen LogP contribution in [0.25, 0.3) is 0 Å². The molecule has 102 valence electrons. The van der Waals surface area contributed by atoms with Crippen molar-refractivity contribution >= 4 is 17.6 Å². The molecule has 0 aliphatic rings. The van der Waals surface area contributed by atoms with Crippen LogP contribution in [0.3, 0.4) is 0 Å². The molecule has 5 nitrogen and oxygen atoms in total. The topological polar surface area (TPSA) is 75.6 Å². The molecule has 0 spiro atoms. The predicted octanol–water partition coefficient (Wildman–Crippen LogP) is 2.69. The lowest BCUT2D eigenvalue weighted by Gasteiger charge is -2.10. The molecule has 1 aromatic carbocycles. The van der Waals surface area contributed by atoms with Crippen LogP contribution in [0, 0.1) is 0 Å². The number of methoxy groups -OCH3 is 1. The summed E-state index contributed by atoms with van der Waals surface area (Å²) in [5.41, 5.74) is 0.800. The SMILES string of the molecule is CC/C=C(/C)C(=O)Nc1ccc(OC)cc1C(=O)O. The van der Waals surface area contributed by atoms with Crippen molar-refractivity contribution in [1.29, 1.82) is 0 Å². The first-order valence-corrected chi connectivity index (χ1v) is 5.89. The van der Waals surface area contributed by atoms with Crippen molar-refractivity contribution in [3.05, 3.63) is 35.4 Å². The van der Waals surface area contributed by atoms with Crippen LogP contribution in [-0.2, 0) is 4.79 Å². The highest BCUT2D eigenvalue weighted by molar-refractivity contribution is 6.07. The zero-order chi connectivity index (χ0) is 14.4. The Morgan fingerprint density at radius 3 is 2.63 bits per heavy atom. The standard InChI is InChI=1S/C14H17NO4/c1-4-5-9(2)13(16)15-12-7-6-10(19-3)8-11(12)14(17)18/h5-8H,4H2,1-3H3,(H,15,16)(H,17,18)/b9-5-. The number of carbonyl (C=O) groups excluding carboxylic acids is 1. The van der Waals surface area contributed by atoms with E-state index in [2.05, 4.69) is 5.32 Å². The van der Waals surface area contributed by atoms with Crippen LogP contribution in [0.1, 0.15) is 30.6 Å². The number of anilines is 1. The van der Waals surface area contributed by atoms with E-state index in [-0.39, 0.29) is 17.2 Å². The zero-order valence-corrected chi connectivity index (χ0v) is 11.2. The van der Waals surface area contributed by atoms with Gasteiger partial charge in [-0.1, -0.05) is 13.0 Å². The summed E-state index contributed by atoms with van der Waals surface area (Å²) in [6.45, 7) is 3.61. The molecule has 0 heterocycles. The van der Waals surface area contributed by atoms with Gasteiger partial charge in [0.25, 0.3) is 5.91 Å². The molecule has 0 aromatic heterocycles. The van der Waals surface area contributed by atoms with Gasteiger partial charge in [-0.25, -0.2) is 4.79 Å². The van der Waals surface area contributed by atoms with E-state index in [1.165, 1.54) is 19.2 Å². The van der Waals surface area contributed by atoms with E-state index in [0.717, 1.165) is 6.42 Å². The third-order valence-corrected chi connectivity index (χ3v) is 2.57. The van der Waals surface area contributed by atoms with E-state index in [9.17, 15) is 9.59 Å². The summed E-state index contributed by atoms with van der Waals surface area (Å²) in [6.07, 6.45) is 2.52. The number of carbonyl (C=O) groups is 2. The third-order valence-electron chi connectivity index (χ3n) is 2.57. The fraction of sp³-hybridized carbons (Fsp3) is 0.286. The largest absolute Gasteiger partial charge is 0.497 e.